The molecular weight excluding hydrogens is 314 g/mol. The minimum absolute atomic E-state index is 0.00368. The molecule has 0 unspecified atom stereocenters. The lowest BCUT2D eigenvalue weighted by molar-refractivity contribution is -0.384. The molecule has 0 bridgehead atoms. The summed E-state index contributed by atoms with van der Waals surface area (Å²) in [4.78, 5) is 14.5. The minimum atomic E-state index is -0.467. The molecule has 0 aliphatic rings. The Kier molecular flexibility index (Phi) is 4.11. The van der Waals surface area contributed by atoms with Crippen LogP contribution in [0.4, 0.5) is 5.69 Å². The molecule has 0 aliphatic heterocycles. The molecule has 8 nitrogen and oxygen atoms in total. The smallest absolute Gasteiger partial charge is 0.269 e. The Morgan fingerprint density at radius 2 is 1.62 bits per heavy atom. The number of nitro groups is 1. The zero-order valence-corrected chi connectivity index (χ0v) is 12.9. The molecule has 122 valence electrons. The molecule has 0 N–H and O–H groups in total. The fraction of sp³-hybridized carbons (Fsp3) is 0.125. The number of aromatic nitrogens is 2. The second kappa shape index (κ2) is 6.37. The van der Waals surface area contributed by atoms with Crippen LogP contribution in [0.5, 0.6) is 11.5 Å². The Morgan fingerprint density at radius 3 is 2.17 bits per heavy atom. The van der Waals surface area contributed by atoms with Crippen LogP contribution in [0, 0.1) is 10.1 Å². The number of methoxy groups -OCH3 is 2. The number of hydrogen-bond acceptors (Lipinski definition) is 7. The van der Waals surface area contributed by atoms with Crippen LogP contribution in [-0.2, 0) is 0 Å². The van der Waals surface area contributed by atoms with E-state index in [2.05, 4.69) is 10.1 Å². The highest BCUT2D eigenvalue weighted by Gasteiger charge is 2.14. The molecule has 0 saturated heterocycles. The molecule has 0 aliphatic carbocycles. The van der Waals surface area contributed by atoms with Gasteiger partial charge >= 0.3 is 0 Å². The third-order valence-corrected chi connectivity index (χ3v) is 3.36. The maximum absolute atomic E-state index is 10.7. The maximum atomic E-state index is 10.7. The van der Waals surface area contributed by atoms with E-state index in [-0.39, 0.29) is 11.6 Å². The second-order valence-corrected chi connectivity index (χ2v) is 4.83. The summed E-state index contributed by atoms with van der Waals surface area (Å²) in [6, 6.07) is 11.1. The number of ether oxygens (including phenoxy) is 2. The minimum Gasteiger partial charge on any atom is -0.497 e. The summed E-state index contributed by atoms with van der Waals surface area (Å²) in [5.41, 5.74) is 1.26. The number of non-ortho nitro benzene ring substituents is 1. The molecule has 0 amide bonds. The molecule has 2 aromatic carbocycles. The van der Waals surface area contributed by atoms with Crippen molar-refractivity contribution in [1.82, 2.24) is 10.1 Å². The van der Waals surface area contributed by atoms with Crippen LogP contribution in [-0.4, -0.2) is 29.3 Å². The SMILES string of the molecule is COc1cc(OC)cc(-c2noc(-c3ccc([N+](=O)[O-])cc3)n2)c1. The first-order chi connectivity index (χ1) is 11.6. The summed E-state index contributed by atoms with van der Waals surface area (Å²) in [6.45, 7) is 0. The van der Waals surface area contributed by atoms with E-state index in [4.69, 9.17) is 14.0 Å². The van der Waals surface area contributed by atoms with Gasteiger partial charge in [0.05, 0.1) is 19.1 Å². The van der Waals surface area contributed by atoms with Gasteiger partial charge in [0.1, 0.15) is 11.5 Å². The van der Waals surface area contributed by atoms with Gasteiger partial charge in [0, 0.05) is 29.3 Å². The second-order valence-electron chi connectivity index (χ2n) is 4.83. The maximum Gasteiger partial charge on any atom is 0.269 e. The quantitative estimate of drug-likeness (QED) is 0.523. The van der Waals surface area contributed by atoms with E-state index in [0.717, 1.165) is 0 Å². The first-order valence-corrected chi connectivity index (χ1v) is 6.92. The van der Waals surface area contributed by atoms with Gasteiger partial charge in [-0.25, -0.2) is 0 Å². The van der Waals surface area contributed by atoms with Crippen molar-refractivity contribution in [3.05, 3.63) is 52.6 Å². The Hall–Kier alpha value is -3.42. The number of nitro benzene ring substituents is 1. The molecule has 8 heteroatoms. The van der Waals surface area contributed by atoms with Crippen molar-refractivity contribution < 1.29 is 18.9 Å². The monoisotopic (exact) mass is 327 g/mol. The van der Waals surface area contributed by atoms with E-state index in [9.17, 15) is 10.1 Å². The normalized spacial score (nSPS) is 10.4. The molecule has 0 radical (unpaired) electrons. The highest BCUT2D eigenvalue weighted by atomic mass is 16.6. The highest BCUT2D eigenvalue weighted by molar-refractivity contribution is 5.63. The Bertz CT molecular complexity index is 851. The largest absolute Gasteiger partial charge is 0.497 e. The van der Waals surface area contributed by atoms with Crippen LogP contribution in [0.25, 0.3) is 22.8 Å². The van der Waals surface area contributed by atoms with Crippen LogP contribution >= 0.6 is 0 Å². The van der Waals surface area contributed by atoms with E-state index in [1.54, 1.807) is 44.6 Å². The topological polar surface area (TPSA) is 101 Å². The summed E-state index contributed by atoms with van der Waals surface area (Å²) in [7, 11) is 3.11. The third-order valence-electron chi connectivity index (χ3n) is 3.36. The van der Waals surface area contributed by atoms with E-state index in [1.165, 1.54) is 12.1 Å². The average molecular weight is 327 g/mol. The standard InChI is InChI=1S/C16H13N3O5/c1-22-13-7-11(8-14(9-13)23-2)15-17-16(24-18-15)10-3-5-12(6-4-10)19(20)21/h3-9H,1-2H3. The van der Waals surface area contributed by atoms with Crippen molar-refractivity contribution in [1.29, 1.82) is 0 Å². The average Bonchev–Trinajstić information content (AvgIpc) is 3.11. The van der Waals surface area contributed by atoms with Gasteiger partial charge in [0.15, 0.2) is 0 Å². The zero-order chi connectivity index (χ0) is 17.1. The molecule has 0 fully saturated rings. The lowest BCUT2D eigenvalue weighted by Crippen LogP contribution is -1.90. The molecule has 0 atom stereocenters. The van der Waals surface area contributed by atoms with E-state index < -0.39 is 4.92 Å². The van der Waals surface area contributed by atoms with Gasteiger partial charge < -0.3 is 14.0 Å². The number of rotatable bonds is 5. The highest BCUT2D eigenvalue weighted by Crippen LogP contribution is 2.30. The molecular formula is C16H13N3O5. The van der Waals surface area contributed by atoms with Gasteiger partial charge in [-0.15, -0.1) is 0 Å². The van der Waals surface area contributed by atoms with Gasteiger partial charge in [-0.2, -0.15) is 4.98 Å². The predicted octanol–water partition coefficient (Wildman–Crippen LogP) is 3.33. The molecule has 3 rings (SSSR count). The molecule has 3 aromatic rings. The van der Waals surface area contributed by atoms with Gasteiger partial charge in [-0.1, -0.05) is 5.16 Å². The van der Waals surface area contributed by atoms with E-state index >= 15 is 0 Å². The first kappa shape index (κ1) is 15.5. The molecule has 1 aromatic heterocycles. The van der Waals surface area contributed by atoms with E-state index in [0.29, 0.717) is 28.5 Å². The van der Waals surface area contributed by atoms with Gasteiger partial charge in [-0.3, -0.25) is 10.1 Å². The number of nitrogens with zero attached hydrogens (tertiary/aromatic N) is 3. The summed E-state index contributed by atoms with van der Waals surface area (Å²) in [5, 5.41) is 14.6. The van der Waals surface area contributed by atoms with Crippen LogP contribution in [0.3, 0.4) is 0 Å². The predicted molar refractivity (Wildman–Crippen MR) is 84.9 cm³/mol. The lowest BCUT2D eigenvalue weighted by Gasteiger charge is -2.05. The molecule has 0 spiro atoms. The summed E-state index contributed by atoms with van der Waals surface area (Å²) in [6.07, 6.45) is 0. The zero-order valence-electron chi connectivity index (χ0n) is 12.9. The molecule has 1 heterocycles. The van der Waals surface area contributed by atoms with Crippen molar-refractivity contribution >= 4 is 5.69 Å². The van der Waals surface area contributed by atoms with Gasteiger partial charge in [-0.05, 0) is 24.3 Å². The Morgan fingerprint density at radius 1 is 1.00 bits per heavy atom. The van der Waals surface area contributed by atoms with Crippen molar-refractivity contribution in [2.45, 2.75) is 0 Å². The summed E-state index contributed by atoms with van der Waals surface area (Å²) < 4.78 is 15.7. The fourth-order valence-electron chi connectivity index (χ4n) is 2.12. The van der Waals surface area contributed by atoms with E-state index in [1.807, 2.05) is 0 Å². The first-order valence-electron chi connectivity index (χ1n) is 6.92. The summed E-state index contributed by atoms with van der Waals surface area (Å²) in [5.74, 6) is 1.83. The van der Waals surface area contributed by atoms with Crippen LogP contribution in [0.1, 0.15) is 0 Å². The molecule has 24 heavy (non-hydrogen) atoms. The Balaban J connectivity index is 1.94. The van der Waals surface area contributed by atoms with Crippen molar-refractivity contribution in [2.24, 2.45) is 0 Å². The van der Waals surface area contributed by atoms with Gasteiger partial charge in [0.25, 0.3) is 11.6 Å². The van der Waals surface area contributed by atoms with Crippen LogP contribution in [0.15, 0.2) is 47.0 Å². The summed E-state index contributed by atoms with van der Waals surface area (Å²) >= 11 is 0. The van der Waals surface area contributed by atoms with Crippen molar-refractivity contribution in [3.63, 3.8) is 0 Å². The fourth-order valence-corrected chi connectivity index (χ4v) is 2.12. The Labute approximate surface area is 136 Å². The van der Waals surface area contributed by atoms with Crippen LogP contribution < -0.4 is 9.47 Å². The van der Waals surface area contributed by atoms with Crippen molar-refractivity contribution in [3.8, 4) is 34.3 Å². The third kappa shape index (κ3) is 3.02. The van der Waals surface area contributed by atoms with Crippen LogP contribution in [0.2, 0.25) is 0 Å². The van der Waals surface area contributed by atoms with Crippen molar-refractivity contribution in [2.75, 3.05) is 14.2 Å². The molecule has 0 saturated carbocycles. The number of benzene rings is 2. The van der Waals surface area contributed by atoms with Gasteiger partial charge in [0.2, 0.25) is 5.82 Å². The number of hydrogen-bond donors (Lipinski definition) is 0. The lowest BCUT2D eigenvalue weighted by atomic mass is 10.2.